The number of anilines is 2. The standard InChI is InChI=1S/C12H15IN2O3/c1-3-12(16)15-9-6-8(14)10(17-2)7-11(9)18-5-4-13/h3,6-7H,1,4-5,14H2,2H3,(H,15,16). The predicted octanol–water partition coefficient (Wildman–Crippen LogP) is 2.22. The van der Waals surface area contributed by atoms with Gasteiger partial charge in [0.25, 0.3) is 0 Å². The smallest absolute Gasteiger partial charge is 0.247 e. The van der Waals surface area contributed by atoms with Gasteiger partial charge in [-0.2, -0.15) is 0 Å². The molecular weight excluding hydrogens is 347 g/mol. The SMILES string of the molecule is C=CC(=O)Nc1cc(N)c(OC)cc1OCCI. The molecule has 0 fully saturated rings. The molecular formula is C12H15IN2O3. The molecule has 3 N–H and O–H groups in total. The van der Waals surface area contributed by atoms with Crippen LogP contribution in [0.2, 0.25) is 0 Å². The van der Waals surface area contributed by atoms with Gasteiger partial charge in [-0.05, 0) is 12.1 Å². The highest BCUT2D eigenvalue weighted by atomic mass is 127. The molecule has 0 saturated heterocycles. The monoisotopic (exact) mass is 362 g/mol. The third-order valence-corrected chi connectivity index (χ3v) is 2.55. The Kier molecular flexibility index (Phi) is 5.76. The van der Waals surface area contributed by atoms with Crippen molar-refractivity contribution in [2.75, 3.05) is 29.2 Å². The second-order valence-corrected chi connectivity index (χ2v) is 4.40. The normalized spacial score (nSPS) is 9.67. The molecule has 0 saturated carbocycles. The van der Waals surface area contributed by atoms with Crippen LogP contribution >= 0.6 is 22.6 Å². The highest BCUT2D eigenvalue weighted by Crippen LogP contribution is 2.34. The van der Waals surface area contributed by atoms with E-state index in [2.05, 4.69) is 34.5 Å². The van der Waals surface area contributed by atoms with Crippen LogP contribution in [0.3, 0.4) is 0 Å². The molecule has 1 rings (SSSR count). The highest BCUT2D eigenvalue weighted by Gasteiger charge is 2.11. The minimum Gasteiger partial charge on any atom is -0.494 e. The number of methoxy groups -OCH3 is 1. The number of hydrogen-bond acceptors (Lipinski definition) is 4. The van der Waals surface area contributed by atoms with Gasteiger partial charge in [-0.25, -0.2) is 0 Å². The Hall–Kier alpha value is -1.44. The number of rotatable bonds is 6. The number of hydrogen-bond donors (Lipinski definition) is 2. The summed E-state index contributed by atoms with van der Waals surface area (Å²) in [5.74, 6) is 0.710. The Morgan fingerprint density at radius 1 is 1.56 bits per heavy atom. The molecule has 0 radical (unpaired) electrons. The first-order valence-electron chi connectivity index (χ1n) is 5.22. The van der Waals surface area contributed by atoms with Crippen LogP contribution in [0.15, 0.2) is 24.8 Å². The number of amides is 1. The first-order chi connectivity index (χ1) is 8.62. The lowest BCUT2D eigenvalue weighted by atomic mass is 10.2. The van der Waals surface area contributed by atoms with Crippen molar-refractivity contribution in [1.29, 1.82) is 0 Å². The minimum atomic E-state index is -0.320. The summed E-state index contributed by atoms with van der Waals surface area (Å²) in [5.41, 5.74) is 6.72. The summed E-state index contributed by atoms with van der Waals surface area (Å²) in [5, 5.41) is 2.64. The average Bonchev–Trinajstić information content (AvgIpc) is 2.37. The zero-order chi connectivity index (χ0) is 13.5. The molecule has 0 aromatic heterocycles. The Morgan fingerprint density at radius 3 is 2.83 bits per heavy atom. The molecule has 98 valence electrons. The van der Waals surface area contributed by atoms with Gasteiger partial charge in [0.15, 0.2) is 0 Å². The topological polar surface area (TPSA) is 73.6 Å². The molecule has 0 aliphatic rings. The first-order valence-corrected chi connectivity index (χ1v) is 6.74. The van der Waals surface area contributed by atoms with E-state index in [4.69, 9.17) is 15.2 Å². The van der Waals surface area contributed by atoms with Gasteiger partial charge in [0.2, 0.25) is 5.91 Å². The van der Waals surface area contributed by atoms with E-state index in [1.807, 2.05) is 0 Å². The van der Waals surface area contributed by atoms with Crippen LogP contribution in [0.5, 0.6) is 11.5 Å². The molecule has 1 aromatic rings. The Morgan fingerprint density at radius 2 is 2.28 bits per heavy atom. The van der Waals surface area contributed by atoms with Gasteiger partial charge in [0.1, 0.15) is 11.5 Å². The molecule has 6 heteroatoms. The van der Waals surface area contributed by atoms with E-state index in [0.717, 1.165) is 4.43 Å². The maximum atomic E-state index is 11.3. The zero-order valence-corrected chi connectivity index (χ0v) is 12.2. The number of carbonyl (C=O) groups is 1. The molecule has 5 nitrogen and oxygen atoms in total. The van der Waals surface area contributed by atoms with Crippen LogP contribution < -0.4 is 20.5 Å². The first kappa shape index (κ1) is 14.6. The molecule has 0 aliphatic heterocycles. The number of nitrogens with one attached hydrogen (secondary N) is 1. The molecule has 0 atom stereocenters. The average molecular weight is 362 g/mol. The van der Waals surface area contributed by atoms with E-state index in [1.54, 1.807) is 12.1 Å². The lowest BCUT2D eigenvalue weighted by molar-refractivity contribution is -0.111. The van der Waals surface area contributed by atoms with E-state index < -0.39 is 0 Å². The fourth-order valence-corrected chi connectivity index (χ4v) is 1.52. The van der Waals surface area contributed by atoms with Crippen molar-refractivity contribution in [2.24, 2.45) is 0 Å². The van der Waals surface area contributed by atoms with E-state index in [0.29, 0.717) is 29.5 Å². The van der Waals surface area contributed by atoms with E-state index in [1.165, 1.54) is 13.2 Å². The van der Waals surface area contributed by atoms with Crippen molar-refractivity contribution in [2.45, 2.75) is 0 Å². The van der Waals surface area contributed by atoms with Crippen LogP contribution in [0, 0.1) is 0 Å². The number of benzene rings is 1. The molecule has 0 spiro atoms. The minimum absolute atomic E-state index is 0.320. The van der Waals surface area contributed by atoms with Crippen molar-refractivity contribution in [3.63, 3.8) is 0 Å². The van der Waals surface area contributed by atoms with Crippen LogP contribution in [-0.2, 0) is 4.79 Å². The summed E-state index contributed by atoms with van der Waals surface area (Å²) in [6, 6.07) is 3.25. The van der Waals surface area contributed by atoms with Crippen LogP contribution in [-0.4, -0.2) is 24.1 Å². The molecule has 1 amide bonds. The second-order valence-electron chi connectivity index (χ2n) is 3.32. The lowest BCUT2D eigenvalue weighted by Gasteiger charge is -2.14. The Balaban J connectivity index is 3.07. The van der Waals surface area contributed by atoms with Gasteiger partial charge >= 0.3 is 0 Å². The predicted molar refractivity (Wildman–Crippen MR) is 80.6 cm³/mol. The Labute approximate surface area is 119 Å². The van der Waals surface area contributed by atoms with Crippen LogP contribution in [0.1, 0.15) is 0 Å². The van der Waals surface area contributed by atoms with Gasteiger partial charge in [0.05, 0.1) is 25.1 Å². The number of nitrogen functional groups attached to an aromatic ring is 1. The molecule has 0 unspecified atom stereocenters. The second kappa shape index (κ2) is 7.10. The fourth-order valence-electron chi connectivity index (χ4n) is 1.30. The largest absolute Gasteiger partial charge is 0.494 e. The fraction of sp³-hybridized carbons (Fsp3) is 0.250. The summed E-state index contributed by atoms with van der Waals surface area (Å²) in [6.07, 6.45) is 1.18. The molecule has 1 aromatic carbocycles. The quantitative estimate of drug-likeness (QED) is 0.352. The number of carbonyl (C=O) groups excluding carboxylic acids is 1. The number of nitrogens with two attached hydrogens (primary N) is 1. The Bertz CT molecular complexity index is 449. The summed E-state index contributed by atoms with van der Waals surface area (Å²) in [4.78, 5) is 11.3. The summed E-state index contributed by atoms with van der Waals surface area (Å²) in [7, 11) is 1.52. The van der Waals surface area contributed by atoms with Crippen molar-refractivity contribution < 1.29 is 14.3 Å². The van der Waals surface area contributed by atoms with E-state index in [-0.39, 0.29) is 5.91 Å². The maximum Gasteiger partial charge on any atom is 0.247 e. The van der Waals surface area contributed by atoms with E-state index >= 15 is 0 Å². The molecule has 0 heterocycles. The number of ether oxygens (including phenoxy) is 2. The van der Waals surface area contributed by atoms with Gasteiger partial charge in [0, 0.05) is 10.5 Å². The highest BCUT2D eigenvalue weighted by molar-refractivity contribution is 14.1. The van der Waals surface area contributed by atoms with Crippen LogP contribution in [0.4, 0.5) is 11.4 Å². The number of halogens is 1. The third kappa shape index (κ3) is 3.80. The van der Waals surface area contributed by atoms with Crippen molar-refractivity contribution >= 4 is 39.9 Å². The molecule has 0 aliphatic carbocycles. The summed E-state index contributed by atoms with van der Waals surface area (Å²) < 4.78 is 11.5. The van der Waals surface area contributed by atoms with E-state index in [9.17, 15) is 4.79 Å². The summed E-state index contributed by atoms with van der Waals surface area (Å²) >= 11 is 2.20. The van der Waals surface area contributed by atoms with Gasteiger partial charge in [-0.1, -0.05) is 29.2 Å². The molecule has 0 bridgehead atoms. The number of alkyl halides is 1. The summed E-state index contributed by atoms with van der Waals surface area (Å²) in [6.45, 7) is 3.93. The lowest BCUT2D eigenvalue weighted by Crippen LogP contribution is -2.10. The van der Waals surface area contributed by atoms with Crippen molar-refractivity contribution in [1.82, 2.24) is 0 Å². The van der Waals surface area contributed by atoms with Gasteiger partial charge < -0.3 is 20.5 Å². The van der Waals surface area contributed by atoms with Crippen molar-refractivity contribution in [3.8, 4) is 11.5 Å². The van der Waals surface area contributed by atoms with Gasteiger partial charge in [-0.15, -0.1) is 0 Å². The maximum absolute atomic E-state index is 11.3. The molecule has 18 heavy (non-hydrogen) atoms. The zero-order valence-electron chi connectivity index (χ0n) is 10.0. The van der Waals surface area contributed by atoms with Crippen LogP contribution in [0.25, 0.3) is 0 Å². The van der Waals surface area contributed by atoms with Gasteiger partial charge in [-0.3, -0.25) is 4.79 Å². The van der Waals surface area contributed by atoms with Crippen molar-refractivity contribution in [3.05, 3.63) is 24.8 Å². The third-order valence-electron chi connectivity index (χ3n) is 2.11.